The van der Waals surface area contributed by atoms with E-state index in [1.165, 1.54) is 6.92 Å². The molecule has 0 spiro atoms. The molecule has 0 unspecified atom stereocenters. The molecule has 0 saturated carbocycles. The highest BCUT2D eigenvalue weighted by Crippen LogP contribution is 2.25. The van der Waals surface area contributed by atoms with Crippen LogP contribution < -0.4 is 0 Å². The summed E-state index contributed by atoms with van der Waals surface area (Å²) < 4.78 is 2.83. The molecule has 2 heterocycles. The number of carbonyl (C=O) groups is 1. The average Bonchev–Trinajstić information content (AvgIpc) is 2.80. The number of rotatable bonds is 3. The molecule has 0 aliphatic heterocycles. The SMILES string of the molecule is CC(=O)c1ccc(N=Nc2c(C)nc3ccc(Br)cn23)cc1. The van der Waals surface area contributed by atoms with Crippen LogP contribution in [0.1, 0.15) is 23.0 Å². The molecule has 6 heteroatoms. The molecular weight excluding hydrogens is 344 g/mol. The summed E-state index contributed by atoms with van der Waals surface area (Å²) in [7, 11) is 0. The molecule has 0 atom stereocenters. The predicted molar refractivity (Wildman–Crippen MR) is 88.3 cm³/mol. The molecule has 110 valence electrons. The fourth-order valence-electron chi connectivity index (χ4n) is 2.11. The number of halogens is 1. The summed E-state index contributed by atoms with van der Waals surface area (Å²) in [5, 5.41) is 8.53. The van der Waals surface area contributed by atoms with Gasteiger partial charge in [0.15, 0.2) is 11.6 Å². The number of hydrogen-bond acceptors (Lipinski definition) is 4. The Kier molecular flexibility index (Phi) is 3.85. The van der Waals surface area contributed by atoms with E-state index in [9.17, 15) is 4.79 Å². The molecule has 0 aliphatic carbocycles. The number of Topliss-reactive ketones (excluding diaryl/α,β-unsaturated/α-hetero) is 1. The minimum Gasteiger partial charge on any atom is -0.295 e. The Morgan fingerprint density at radius 2 is 1.86 bits per heavy atom. The van der Waals surface area contributed by atoms with E-state index in [2.05, 4.69) is 31.1 Å². The number of benzene rings is 1. The predicted octanol–water partition coefficient (Wildman–Crippen LogP) is 5.02. The second-order valence-electron chi connectivity index (χ2n) is 4.90. The lowest BCUT2D eigenvalue weighted by Gasteiger charge is -1.98. The average molecular weight is 357 g/mol. The Balaban J connectivity index is 1.96. The van der Waals surface area contributed by atoms with Gasteiger partial charge in [-0.3, -0.25) is 9.20 Å². The Labute approximate surface area is 135 Å². The van der Waals surface area contributed by atoms with Crippen molar-refractivity contribution in [3.8, 4) is 0 Å². The Morgan fingerprint density at radius 3 is 2.55 bits per heavy atom. The molecule has 0 fully saturated rings. The molecule has 0 aliphatic rings. The number of aromatic nitrogens is 2. The maximum Gasteiger partial charge on any atom is 0.182 e. The first kappa shape index (κ1) is 14.6. The molecule has 0 radical (unpaired) electrons. The summed E-state index contributed by atoms with van der Waals surface area (Å²) in [6.45, 7) is 3.43. The van der Waals surface area contributed by atoms with Crippen molar-refractivity contribution in [3.05, 3.63) is 58.3 Å². The van der Waals surface area contributed by atoms with Gasteiger partial charge in [0.25, 0.3) is 0 Å². The van der Waals surface area contributed by atoms with E-state index in [0.717, 1.165) is 15.8 Å². The first-order valence-electron chi connectivity index (χ1n) is 6.71. The fraction of sp³-hybridized carbons (Fsp3) is 0.125. The molecule has 3 aromatic rings. The zero-order chi connectivity index (χ0) is 15.7. The van der Waals surface area contributed by atoms with Crippen LogP contribution in [0.15, 0.2) is 57.3 Å². The van der Waals surface area contributed by atoms with Crippen LogP contribution in [0.4, 0.5) is 11.5 Å². The number of aryl methyl sites for hydroxylation is 1. The zero-order valence-electron chi connectivity index (χ0n) is 12.1. The molecule has 0 amide bonds. The molecule has 0 N–H and O–H groups in total. The minimum atomic E-state index is 0.0333. The number of carbonyl (C=O) groups excluding carboxylic acids is 1. The van der Waals surface area contributed by atoms with Crippen molar-refractivity contribution in [3.63, 3.8) is 0 Å². The molecule has 2 aromatic heterocycles. The van der Waals surface area contributed by atoms with Crippen molar-refractivity contribution >= 4 is 38.9 Å². The summed E-state index contributed by atoms with van der Waals surface area (Å²) in [6, 6.07) is 10.9. The van der Waals surface area contributed by atoms with E-state index in [0.29, 0.717) is 17.1 Å². The number of imidazole rings is 1. The number of azo groups is 1. The van der Waals surface area contributed by atoms with E-state index in [-0.39, 0.29) is 5.78 Å². The van der Waals surface area contributed by atoms with Gasteiger partial charge in [-0.05, 0) is 66.2 Å². The van der Waals surface area contributed by atoms with Gasteiger partial charge >= 0.3 is 0 Å². The number of hydrogen-bond donors (Lipinski definition) is 0. The fourth-order valence-corrected chi connectivity index (χ4v) is 2.45. The van der Waals surface area contributed by atoms with E-state index in [1.807, 2.05) is 29.7 Å². The van der Waals surface area contributed by atoms with Crippen molar-refractivity contribution in [1.29, 1.82) is 0 Å². The van der Waals surface area contributed by atoms with Gasteiger partial charge in [-0.25, -0.2) is 4.98 Å². The van der Waals surface area contributed by atoms with Crippen LogP contribution in [0, 0.1) is 6.92 Å². The van der Waals surface area contributed by atoms with Crippen LogP contribution >= 0.6 is 15.9 Å². The van der Waals surface area contributed by atoms with Crippen molar-refractivity contribution in [2.24, 2.45) is 10.2 Å². The van der Waals surface area contributed by atoms with Gasteiger partial charge in [-0.15, -0.1) is 10.2 Å². The van der Waals surface area contributed by atoms with Crippen molar-refractivity contribution in [2.45, 2.75) is 13.8 Å². The topological polar surface area (TPSA) is 59.1 Å². The van der Waals surface area contributed by atoms with Crippen LogP contribution in [0.3, 0.4) is 0 Å². The second-order valence-corrected chi connectivity index (χ2v) is 5.82. The van der Waals surface area contributed by atoms with E-state index < -0.39 is 0 Å². The zero-order valence-corrected chi connectivity index (χ0v) is 13.7. The van der Waals surface area contributed by atoms with Crippen LogP contribution in [0.5, 0.6) is 0 Å². The van der Waals surface area contributed by atoms with E-state index in [4.69, 9.17) is 0 Å². The first-order valence-corrected chi connectivity index (χ1v) is 7.51. The molecule has 1 aromatic carbocycles. The molecule has 3 rings (SSSR count). The highest BCUT2D eigenvalue weighted by atomic mass is 79.9. The lowest BCUT2D eigenvalue weighted by molar-refractivity contribution is 0.101. The Hall–Kier alpha value is -2.34. The highest BCUT2D eigenvalue weighted by Gasteiger charge is 2.08. The summed E-state index contributed by atoms with van der Waals surface area (Å²) in [4.78, 5) is 15.7. The third-order valence-corrected chi connectivity index (χ3v) is 3.73. The van der Waals surface area contributed by atoms with E-state index >= 15 is 0 Å². The molecule has 5 nitrogen and oxygen atoms in total. The maximum atomic E-state index is 11.3. The van der Waals surface area contributed by atoms with Gasteiger partial charge in [0.1, 0.15) is 5.65 Å². The Bertz CT molecular complexity index is 881. The summed E-state index contributed by atoms with van der Waals surface area (Å²) in [5.41, 5.74) is 2.98. The summed E-state index contributed by atoms with van der Waals surface area (Å²) in [6.07, 6.45) is 1.91. The third-order valence-electron chi connectivity index (χ3n) is 3.26. The van der Waals surface area contributed by atoms with E-state index in [1.54, 1.807) is 24.3 Å². The van der Waals surface area contributed by atoms with Gasteiger partial charge in [-0.1, -0.05) is 0 Å². The lowest BCUT2D eigenvalue weighted by Crippen LogP contribution is -1.89. The summed E-state index contributed by atoms with van der Waals surface area (Å²) in [5.74, 6) is 0.720. The first-order chi connectivity index (χ1) is 10.5. The monoisotopic (exact) mass is 356 g/mol. The Morgan fingerprint density at radius 1 is 1.14 bits per heavy atom. The van der Waals surface area contributed by atoms with Gasteiger partial charge < -0.3 is 0 Å². The highest BCUT2D eigenvalue weighted by molar-refractivity contribution is 9.10. The lowest BCUT2D eigenvalue weighted by atomic mass is 10.1. The van der Waals surface area contributed by atoms with Crippen molar-refractivity contribution in [1.82, 2.24) is 9.38 Å². The molecular formula is C16H13BrN4O. The van der Waals surface area contributed by atoms with Crippen LogP contribution in [0.25, 0.3) is 5.65 Å². The number of pyridine rings is 1. The number of ketones is 1. The minimum absolute atomic E-state index is 0.0333. The molecule has 0 bridgehead atoms. The van der Waals surface area contributed by atoms with Crippen LogP contribution in [-0.4, -0.2) is 15.2 Å². The summed E-state index contributed by atoms with van der Waals surface area (Å²) >= 11 is 3.44. The maximum absolute atomic E-state index is 11.3. The van der Waals surface area contributed by atoms with Crippen LogP contribution in [0.2, 0.25) is 0 Å². The largest absolute Gasteiger partial charge is 0.295 e. The second kappa shape index (κ2) is 5.81. The van der Waals surface area contributed by atoms with Gasteiger partial charge in [0.2, 0.25) is 0 Å². The normalized spacial score (nSPS) is 11.4. The standard InChI is InChI=1S/C16H13BrN4O/c1-10-16(21-9-13(17)5-8-15(21)18-10)20-19-14-6-3-12(4-7-14)11(2)22/h3-9H,1-2H3. The van der Waals surface area contributed by atoms with Crippen LogP contribution in [-0.2, 0) is 0 Å². The number of nitrogens with zero attached hydrogens (tertiary/aromatic N) is 4. The van der Waals surface area contributed by atoms with Gasteiger partial charge in [0.05, 0.1) is 11.4 Å². The molecule has 22 heavy (non-hydrogen) atoms. The number of fused-ring (bicyclic) bond motifs is 1. The third kappa shape index (κ3) is 2.82. The van der Waals surface area contributed by atoms with Gasteiger partial charge in [-0.2, -0.15) is 0 Å². The quantitative estimate of drug-likeness (QED) is 0.488. The van der Waals surface area contributed by atoms with Crippen molar-refractivity contribution < 1.29 is 4.79 Å². The van der Waals surface area contributed by atoms with Gasteiger partial charge in [0, 0.05) is 16.2 Å². The smallest absolute Gasteiger partial charge is 0.182 e. The van der Waals surface area contributed by atoms with Crippen molar-refractivity contribution in [2.75, 3.05) is 0 Å². The molecule has 0 saturated heterocycles.